The van der Waals surface area contributed by atoms with Gasteiger partial charge in [0.1, 0.15) is 5.75 Å². The van der Waals surface area contributed by atoms with Gasteiger partial charge in [-0.3, -0.25) is 0 Å². The zero-order valence-corrected chi connectivity index (χ0v) is 10.5. The first-order valence-electron chi connectivity index (χ1n) is 6.79. The van der Waals surface area contributed by atoms with E-state index >= 15 is 0 Å². The molecule has 1 fully saturated rings. The number of hydrogen-bond acceptors (Lipinski definition) is 2. The molecule has 1 aromatic rings. The van der Waals surface area contributed by atoms with Crippen LogP contribution in [0.2, 0.25) is 0 Å². The molecule has 0 radical (unpaired) electrons. The minimum atomic E-state index is 0.689. The SMILES string of the molecule is Cc1ccc2c(c1)C(CC1CCCN1)CCO2. The minimum Gasteiger partial charge on any atom is -0.493 e. The molecule has 0 bridgehead atoms. The normalized spacial score (nSPS) is 27.6. The van der Waals surface area contributed by atoms with Crippen LogP contribution >= 0.6 is 0 Å². The molecule has 2 aliphatic heterocycles. The summed E-state index contributed by atoms with van der Waals surface area (Å²) in [6, 6.07) is 7.33. The van der Waals surface area contributed by atoms with Crippen LogP contribution in [-0.4, -0.2) is 19.2 Å². The van der Waals surface area contributed by atoms with Crippen LogP contribution in [0.4, 0.5) is 0 Å². The maximum absolute atomic E-state index is 5.75. The number of hydrogen-bond donors (Lipinski definition) is 1. The Hall–Kier alpha value is -1.02. The van der Waals surface area contributed by atoms with Crippen LogP contribution in [-0.2, 0) is 0 Å². The van der Waals surface area contributed by atoms with E-state index in [1.54, 1.807) is 0 Å². The van der Waals surface area contributed by atoms with Crippen molar-refractivity contribution in [1.82, 2.24) is 5.32 Å². The van der Waals surface area contributed by atoms with E-state index < -0.39 is 0 Å². The average molecular weight is 231 g/mol. The summed E-state index contributed by atoms with van der Waals surface area (Å²) in [5, 5.41) is 3.61. The standard InChI is InChI=1S/C15H21NO/c1-11-4-5-15-14(9-11)12(6-8-17-15)10-13-3-2-7-16-13/h4-5,9,12-13,16H,2-3,6-8,10H2,1H3. The van der Waals surface area contributed by atoms with Crippen molar-refractivity contribution in [3.05, 3.63) is 29.3 Å². The lowest BCUT2D eigenvalue weighted by Crippen LogP contribution is -2.26. The van der Waals surface area contributed by atoms with Crippen LogP contribution in [0.5, 0.6) is 5.75 Å². The second-order valence-corrected chi connectivity index (χ2v) is 5.40. The Morgan fingerprint density at radius 1 is 1.35 bits per heavy atom. The van der Waals surface area contributed by atoms with Crippen molar-refractivity contribution in [2.75, 3.05) is 13.2 Å². The van der Waals surface area contributed by atoms with Gasteiger partial charge in [-0.05, 0) is 56.7 Å². The first kappa shape index (κ1) is 11.1. The molecule has 2 atom stereocenters. The molecule has 1 saturated heterocycles. The molecule has 0 aromatic heterocycles. The third-order valence-corrected chi connectivity index (χ3v) is 4.06. The lowest BCUT2D eigenvalue weighted by atomic mass is 9.86. The van der Waals surface area contributed by atoms with Crippen LogP contribution in [0.3, 0.4) is 0 Å². The number of ether oxygens (including phenoxy) is 1. The van der Waals surface area contributed by atoms with Crippen molar-refractivity contribution in [3.63, 3.8) is 0 Å². The number of aryl methyl sites for hydroxylation is 1. The number of fused-ring (bicyclic) bond motifs is 1. The number of rotatable bonds is 2. The molecule has 2 heterocycles. The highest BCUT2D eigenvalue weighted by molar-refractivity contribution is 5.40. The fourth-order valence-electron chi connectivity index (χ4n) is 3.13. The zero-order chi connectivity index (χ0) is 11.7. The quantitative estimate of drug-likeness (QED) is 0.845. The Bertz CT molecular complexity index is 396. The molecular weight excluding hydrogens is 210 g/mol. The van der Waals surface area contributed by atoms with E-state index in [1.165, 1.54) is 43.4 Å². The third-order valence-electron chi connectivity index (χ3n) is 4.06. The predicted molar refractivity (Wildman–Crippen MR) is 69.7 cm³/mol. The van der Waals surface area contributed by atoms with Gasteiger partial charge in [-0.2, -0.15) is 0 Å². The van der Waals surface area contributed by atoms with Crippen LogP contribution in [0.25, 0.3) is 0 Å². The van der Waals surface area contributed by atoms with Gasteiger partial charge in [0.15, 0.2) is 0 Å². The van der Waals surface area contributed by atoms with Gasteiger partial charge in [0, 0.05) is 6.04 Å². The third kappa shape index (κ3) is 2.32. The van der Waals surface area contributed by atoms with E-state index in [0.29, 0.717) is 5.92 Å². The molecule has 0 amide bonds. The fraction of sp³-hybridized carbons (Fsp3) is 0.600. The van der Waals surface area contributed by atoms with E-state index in [2.05, 4.69) is 30.4 Å². The van der Waals surface area contributed by atoms with Crippen LogP contribution in [0.1, 0.15) is 42.7 Å². The summed E-state index contributed by atoms with van der Waals surface area (Å²) in [5.74, 6) is 1.80. The Morgan fingerprint density at radius 3 is 3.12 bits per heavy atom. The molecule has 2 heteroatoms. The van der Waals surface area contributed by atoms with E-state index in [0.717, 1.165) is 18.4 Å². The molecular formula is C15H21NO. The average Bonchev–Trinajstić information content (AvgIpc) is 2.83. The van der Waals surface area contributed by atoms with Crippen molar-refractivity contribution in [2.24, 2.45) is 0 Å². The van der Waals surface area contributed by atoms with Gasteiger partial charge < -0.3 is 10.1 Å². The molecule has 17 heavy (non-hydrogen) atoms. The highest BCUT2D eigenvalue weighted by Gasteiger charge is 2.25. The highest BCUT2D eigenvalue weighted by Crippen LogP contribution is 2.37. The molecule has 92 valence electrons. The first-order valence-corrected chi connectivity index (χ1v) is 6.79. The van der Waals surface area contributed by atoms with Crippen molar-refractivity contribution in [1.29, 1.82) is 0 Å². The van der Waals surface area contributed by atoms with Gasteiger partial charge in [-0.15, -0.1) is 0 Å². The van der Waals surface area contributed by atoms with Gasteiger partial charge >= 0.3 is 0 Å². The maximum atomic E-state index is 5.75. The lowest BCUT2D eigenvalue weighted by molar-refractivity contribution is 0.257. The van der Waals surface area contributed by atoms with Crippen LogP contribution in [0.15, 0.2) is 18.2 Å². The molecule has 0 aliphatic carbocycles. The second kappa shape index (κ2) is 4.69. The summed E-state index contributed by atoms with van der Waals surface area (Å²) in [5.41, 5.74) is 2.78. The van der Waals surface area contributed by atoms with E-state index in [9.17, 15) is 0 Å². The fourth-order valence-corrected chi connectivity index (χ4v) is 3.13. The van der Waals surface area contributed by atoms with E-state index in [4.69, 9.17) is 4.74 Å². The van der Waals surface area contributed by atoms with Crippen molar-refractivity contribution < 1.29 is 4.74 Å². The van der Waals surface area contributed by atoms with Crippen molar-refractivity contribution in [3.8, 4) is 5.75 Å². The topological polar surface area (TPSA) is 21.3 Å². The Kier molecular flexibility index (Phi) is 3.06. The van der Waals surface area contributed by atoms with E-state index in [-0.39, 0.29) is 0 Å². The van der Waals surface area contributed by atoms with Gasteiger partial charge in [0.2, 0.25) is 0 Å². The molecule has 1 N–H and O–H groups in total. The predicted octanol–water partition coefficient (Wildman–Crippen LogP) is 3.00. The summed E-state index contributed by atoms with van der Waals surface area (Å²) in [7, 11) is 0. The monoisotopic (exact) mass is 231 g/mol. The summed E-state index contributed by atoms with van der Waals surface area (Å²) in [6.07, 6.45) is 5.14. The first-order chi connectivity index (χ1) is 8.33. The molecule has 2 aliphatic rings. The van der Waals surface area contributed by atoms with Gasteiger partial charge in [-0.1, -0.05) is 17.7 Å². The van der Waals surface area contributed by atoms with Gasteiger partial charge in [0.25, 0.3) is 0 Å². The van der Waals surface area contributed by atoms with E-state index in [1.807, 2.05) is 0 Å². The summed E-state index contributed by atoms with van der Waals surface area (Å²) < 4.78 is 5.75. The Morgan fingerprint density at radius 2 is 2.29 bits per heavy atom. The van der Waals surface area contributed by atoms with Crippen molar-refractivity contribution >= 4 is 0 Å². The van der Waals surface area contributed by atoms with Crippen molar-refractivity contribution in [2.45, 2.75) is 44.6 Å². The summed E-state index contributed by atoms with van der Waals surface area (Å²) in [4.78, 5) is 0. The molecule has 2 nitrogen and oxygen atoms in total. The molecule has 3 rings (SSSR count). The summed E-state index contributed by atoms with van der Waals surface area (Å²) in [6.45, 7) is 4.25. The minimum absolute atomic E-state index is 0.689. The van der Waals surface area contributed by atoms with Gasteiger partial charge in [0.05, 0.1) is 6.61 Å². The lowest BCUT2D eigenvalue weighted by Gasteiger charge is -2.28. The second-order valence-electron chi connectivity index (χ2n) is 5.40. The molecule has 0 saturated carbocycles. The Labute approximate surface area is 103 Å². The number of benzene rings is 1. The Balaban J connectivity index is 1.80. The van der Waals surface area contributed by atoms with Gasteiger partial charge in [-0.25, -0.2) is 0 Å². The zero-order valence-electron chi connectivity index (χ0n) is 10.5. The highest BCUT2D eigenvalue weighted by atomic mass is 16.5. The molecule has 1 aromatic carbocycles. The van der Waals surface area contributed by atoms with Crippen LogP contribution in [0, 0.1) is 6.92 Å². The number of nitrogens with one attached hydrogen (secondary N) is 1. The maximum Gasteiger partial charge on any atom is 0.122 e. The molecule has 2 unspecified atom stereocenters. The largest absolute Gasteiger partial charge is 0.493 e. The molecule has 0 spiro atoms. The van der Waals surface area contributed by atoms with Crippen LogP contribution < -0.4 is 10.1 Å². The smallest absolute Gasteiger partial charge is 0.122 e. The summed E-state index contributed by atoms with van der Waals surface area (Å²) >= 11 is 0.